The molecule has 0 aliphatic rings. The summed E-state index contributed by atoms with van der Waals surface area (Å²) in [6, 6.07) is 7.55. The lowest BCUT2D eigenvalue weighted by Crippen LogP contribution is -1.90. The van der Waals surface area contributed by atoms with E-state index in [-0.39, 0.29) is 6.61 Å². The summed E-state index contributed by atoms with van der Waals surface area (Å²) in [5.74, 6) is 1.40. The zero-order valence-electron chi connectivity index (χ0n) is 7.86. The number of aromatic nitrogens is 3. The number of H-pyrrole nitrogens is 1. The molecule has 2 aromatic rings. The van der Waals surface area contributed by atoms with Crippen LogP contribution in [0.3, 0.4) is 0 Å². The molecule has 0 aliphatic carbocycles. The number of aryl methyl sites for hydroxylation is 1. The molecule has 0 atom stereocenters. The highest BCUT2D eigenvalue weighted by molar-refractivity contribution is 5.59. The average molecular weight is 189 g/mol. The molecule has 4 nitrogen and oxygen atoms in total. The lowest BCUT2D eigenvalue weighted by molar-refractivity contribution is 0.282. The highest BCUT2D eigenvalue weighted by atomic mass is 16.3. The first-order chi connectivity index (χ1) is 6.81. The van der Waals surface area contributed by atoms with Crippen LogP contribution >= 0.6 is 0 Å². The van der Waals surface area contributed by atoms with Gasteiger partial charge >= 0.3 is 0 Å². The molecule has 0 amide bonds. The van der Waals surface area contributed by atoms with Crippen molar-refractivity contribution in [2.24, 2.45) is 0 Å². The van der Waals surface area contributed by atoms with E-state index in [2.05, 4.69) is 15.2 Å². The van der Waals surface area contributed by atoms with Crippen molar-refractivity contribution in [2.75, 3.05) is 0 Å². The van der Waals surface area contributed by atoms with Gasteiger partial charge in [-0.05, 0) is 12.5 Å². The normalized spacial score (nSPS) is 10.4. The van der Waals surface area contributed by atoms with E-state index >= 15 is 0 Å². The van der Waals surface area contributed by atoms with Crippen molar-refractivity contribution in [3.63, 3.8) is 0 Å². The molecule has 1 aromatic carbocycles. The van der Waals surface area contributed by atoms with Gasteiger partial charge in [-0.3, -0.25) is 5.10 Å². The van der Waals surface area contributed by atoms with Crippen LogP contribution in [0.2, 0.25) is 0 Å². The maximum absolute atomic E-state index is 9.12. The van der Waals surface area contributed by atoms with Crippen LogP contribution in [0.5, 0.6) is 0 Å². The molecule has 2 rings (SSSR count). The first-order valence-corrected chi connectivity index (χ1v) is 4.39. The number of hydrogen-bond acceptors (Lipinski definition) is 3. The smallest absolute Gasteiger partial charge is 0.181 e. The van der Waals surface area contributed by atoms with E-state index in [1.54, 1.807) is 0 Å². The number of aliphatic hydroxyl groups is 1. The van der Waals surface area contributed by atoms with Crippen LogP contribution in [0.25, 0.3) is 11.4 Å². The van der Waals surface area contributed by atoms with Gasteiger partial charge in [0.15, 0.2) is 5.82 Å². The first-order valence-electron chi connectivity index (χ1n) is 4.39. The van der Waals surface area contributed by atoms with Crippen LogP contribution in [0.1, 0.15) is 11.4 Å². The maximum atomic E-state index is 9.12. The largest absolute Gasteiger partial charge is 0.392 e. The quantitative estimate of drug-likeness (QED) is 0.747. The van der Waals surface area contributed by atoms with E-state index in [1.165, 1.54) is 0 Å². The van der Waals surface area contributed by atoms with Crippen molar-refractivity contribution in [1.29, 1.82) is 0 Å². The lowest BCUT2D eigenvalue weighted by Gasteiger charge is -2.01. The van der Waals surface area contributed by atoms with E-state index in [0.717, 1.165) is 17.0 Å². The zero-order chi connectivity index (χ0) is 9.97. The Morgan fingerprint density at radius 2 is 2.14 bits per heavy atom. The van der Waals surface area contributed by atoms with Gasteiger partial charge in [0.2, 0.25) is 0 Å². The Morgan fingerprint density at radius 1 is 1.36 bits per heavy atom. The predicted molar refractivity (Wildman–Crippen MR) is 52.5 cm³/mol. The summed E-state index contributed by atoms with van der Waals surface area (Å²) in [6.45, 7) is 1.85. The number of nitrogens with one attached hydrogen (secondary N) is 1. The fourth-order valence-electron chi connectivity index (χ4n) is 1.34. The molecule has 0 spiro atoms. The molecule has 0 bridgehead atoms. The van der Waals surface area contributed by atoms with Crippen LogP contribution in [-0.2, 0) is 6.61 Å². The number of rotatable bonds is 2. The Bertz CT molecular complexity index is 436. The second-order valence-electron chi connectivity index (χ2n) is 3.06. The first kappa shape index (κ1) is 8.90. The molecule has 0 aliphatic heterocycles. The second kappa shape index (κ2) is 3.59. The number of benzene rings is 1. The molecular weight excluding hydrogens is 178 g/mol. The van der Waals surface area contributed by atoms with E-state index in [0.29, 0.717) is 5.82 Å². The number of hydrogen-bond donors (Lipinski definition) is 2. The van der Waals surface area contributed by atoms with Crippen LogP contribution in [0.15, 0.2) is 24.3 Å². The van der Waals surface area contributed by atoms with Crippen molar-refractivity contribution >= 4 is 0 Å². The van der Waals surface area contributed by atoms with Gasteiger partial charge in [-0.25, -0.2) is 4.98 Å². The highest BCUT2D eigenvalue weighted by Crippen LogP contribution is 2.19. The van der Waals surface area contributed by atoms with Crippen LogP contribution in [-0.4, -0.2) is 20.3 Å². The van der Waals surface area contributed by atoms with Crippen molar-refractivity contribution in [3.05, 3.63) is 35.7 Å². The average Bonchev–Trinajstić information content (AvgIpc) is 2.65. The third kappa shape index (κ3) is 1.52. The SMILES string of the molecule is Cc1nc(-c2ccccc2CO)n[nH]1. The molecule has 0 fully saturated rings. The Balaban J connectivity index is 2.50. The van der Waals surface area contributed by atoms with Gasteiger partial charge in [-0.1, -0.05) is 24.3 Å². The standard InChI is InChI=1S/C10H11N3O/c1-7-11-10(13-12-7)9-5-3-2-4-8(9)6-14/h2-5,14H,6H2,1H3,(H,11,12,13). The minimum atomic E-state index is 0.00373. The summed E-state index contributed by atoms with van der Waals surface area (Å²) in [5.41, 5.74) is 1.71. The van der Waals surface area contributed by atoms with Crippen molar-refractivity contribution in [1.82, 2.24) is 15.2 Å². The van der Waals surface area contributed by atoms with Gasteiger partial charge < -0.3 is 5.11 Å². The summed E-state index contributed by atoms with van der Waals surface area (Å²) in [6.07, 6.45) is 0. The topological polar surface area (TPSA) is 61.8 Å². The van der Waals surface area contributed by atoms with Crippen molar-refractivity contribution < 1.29 is 5.11 Å². The molecule has 14 heavy (non-hydrogen) atoms. The summed E-state index contributed by atoms with van der Waals surface area (Å²) in [4.78, 5) is 4.21. The van der Waals surface area contributed by atoms with E-state index < -0.39 is 0 Å². The zero-order valence-corrected chi connectivity index (χ0v) is 7.86. The molecular formula is C10H11N3O. The Labute approximate surface area is 81.6 Å². The molecule has 2 N–H and O–H groups in total. The number of aliphatic hydroxyl groups excluding tert-OH is 1. The molecule has 4 heteroatoms. The summed E-state index contributed by atoms with van der Waals surface area (Å²) >= 11 is 0. The van der Waals surface area contributed by atoms with Gasteiger partial charge in [-0.15, -0.1) is 0 Å². The maximum Gasteiger partial charge on any atom is 0.181 e. The predicted octanol–water partition coefficient (Wildman–Crippen LogP) is 1.27. The monoisotopic (exact) mass is 189 g/mol. The molecule has 0 saturated heterocycles. The fourth-order valence-corrected chi connectivity index (χ4v) is 1.34. The molecule has 0 radical (unpaired) electrons. The van der Waals surface area contributed by atoms with Crippen LogP contribution in [0.4, 0.5) is 0 Å². The summed E-state index contributed by atoms with van der Waals surface area (Å²) < 4.78 is 0. The molecule has 0 unspecified atom stereocenters. The Kier molecular flexibility index (Phi) is 2.28. The number of nitrogens with zero attached hydrogens (tertiary/aromatic N) is 2. The summed E-state index contributed by atoms with van der Waals surface area (Å²) in [5, 5.41) is 15.9. The van der Waals surface area contributed by atoms with Crippen molar-refractivity contribution in [3.8, 4) is 11.4 Å². The Morgan fingerprint density at radius 3 is 2.79 bits per heavy atom. The minimum Gasteiger partial charge on any atom is -0.392 e. The second-order valence-corrected chi connectivity index (χ2v) is 3.06. The molecule has 0 saturated carbocycles. The lowest BCUT2D eigenvalue weighted by atomic mass is 10.1. The Hall–Kier alpha value is -1.68. The van der Waals surface area contributed by atoms with Crippen LogP contribution in [0, 0.1) is 6.92 Å². The third-order valence-corrected chi connectivity index (χ3v) is 2.03. The van der Waals surface area contributed by atoms with E-state index in [9.17, 15) is 0 Å². The molecule has 1 heterocycles. The van der Waals surface area contributed by atoms with E-state index in [4.69, 9.17) is 5.11 Å². The van der Waals surface area contributed by atoms with Gasteiger partial charge in [0.05, 0.1) is 6.61 Å². The van der Waals surface area contributed by atoms with Crippen molar-refractivity contribution in [2.45, 2.75) is 13.5 Å². The van der Waals surface area contributed by atoms with Gasteiger partial charge in [0, 0.05) is 5.56 Å². The van der Waals surface area contributed by atoms with Gasteiger partial charge in [-0.2, -0.15) is 5.10 Å². The third-order valence-electron chi connectivity index (χ3n) is 2.03. The van der Waals surface area contributed by atoms with Gasteiger partial charge in [0.1, 0.15) is 5.82 Å². The minimum absolute atomic E-state index is 0.00373. The fraction of sp³-hybridized carbons (Fsp3) is 0.200. The van der Waals surface area contributed by atoms with Crippen LogP contribution < -0.4 is 0 Å². The molecule has 72 valence electrons. The number of aromatic amines is 1. The van der Waals surface area contributed by atoms with E-state index in [1.807, 2.05) is 31.2 Å². The highest BCUT2D eigenvalue weighted by Gasteiger charge is 2.07. The van der Waals surface area contributed by atoms with Gasteiger partial charge in [0.25, 0.3) is 0 Å². The molecule has 1 aromatic heterocycles. The summed E-state index contributed by atoms with van der Waals surface area (Å²) in [7, 11) is 0.